The van der Waals surface area contributed by atoms with Crippen LogP contribution in [0.1, 0.15) is 26.7 Å². The van der Waals surface area contributed by atoms with Gasteiger partial charge in [-0.05, 0) is 18.8 Å². The number of carbonyl (C=O) groups is 4. The molecule has 0 aromatic rings. The lowest BCUT2D eigenvalue weighted by Gasteiger charge is -2.23. The fraction of sp³-hybridized carbons (Fsp3) is 0.692. The number of carboxylic acid groups (broad SMARTS) is 1. The minimum Gasteiger partial charge on any atom is -0.465 e. The Hall–Kier alpha value is -2.12. The molecule has 1 unspecified atom stereocenters. The first-order valence-corrected chi connectivity index (χ1v) is 6.83. The number of hydrogen-bond acceptors (Lipinski definition) is 4. The average Bonchev–Trinajstić information content (AvgIpc) is 2.50. The monoisotopic (exact) mass is 299 g/mol. The van der Waals surface area contributed by atoms with E-state index in [9.17, 15) is 19.2 Å². The Kier molecular flexibility index (Phi) is 5.69. The molecule has 1 fully saturated rings. The van der Waals surface area contributed by atoms with Crippen molar-refractivity contribution in [3.8, 4) is 0 Å². The molecule has 1 rings (SSSR count). The maximum atomic E-state index is 12.1. The van der Waals surface area contributed by atoms with Crippen LogP contribution in [0.15, 0.2) is 0 Å². The van der Waals surface area contributed by atoms with Crippen molar-refractivity contribution in [1.29, 1.82) is 0 Å². The van der Waals surface area contributed by atoms with Crippen molar-refractivity contribution in [2.24, 2.45) is 5.92 Å². The molecular weight excluding hydrogens is 278 g/mol. The van der Waals surface area contributed by atoms with Gasteiger partial charge in [-0.15, -0.1) is 0 Å². The summed E-state index contributed by atoms with van der Waals surface area (Å²) in [5, 5.41) is 13.3. The molecular formula is C13H21N3O5. The number of hydrogen-bond donors (Lipinski definition) is 3. The standard InChI is InChI=1S/C13H21N3O5/c1-7(2)9(15-13(20)21)11(18)14-8-5-4-6-16(3)12(19)10(8)17/h7-9,15H,4-6H2,1-3H3,(H,14,18)(H,20,21)/t8?,9-/m0/s1. The van der Waals surface area contributed by atoms with Gasteiger partial charge in [0.05, 0.1) is 6.04 Å². The molecule has 1 heterocycles. The molecule has 0 bridgehead atoms. The summed E-state index contributed by atoms with van der Waals surface area (Å²) in [4.78, 5) is 47.8. The number of amides is 3. The first-order chi connectivity index (χ1) is 9.73. The van der Waals surface area contributed by atoms with Gasteiger partial charge in [-0.25, -0.2) is 4.79 Å². The molecule has 3 amide bonds. The quantitative estimate of drug-likeness (QED) is 0.610. The molecule has 0 radical (unpaired) electrons. The Morgan fingerprint density at radius 3 is 2.48 bits per heavy atom. The third kappa shape index (κ3) is 4.44. The maximum absolute atomic E-state index is 12.1. The normalized spacial score (nSPS) is 21.0. The molecule has 0 aromatic carbocycles. The fourth-order valence-electron chi connectivity index (χ4n) is 2.17. The molecule has 0 saturated carbocycles. The highest BCUT2D eigenvalue weighted by Gasteiger charge is 2.34. The summed E-state index contributed by atoms with van der Waals surface area (Å²) in [6, 6.07) is -1.86. The van der Waals surface area contributed by atoms with Crippen molar-refractivity contribution in [1.82, 2.24) is 15.5 Å². The van der Waals surface area contributed by atoms with Crippen LogP contribution in [-0.2, 0) is 14.4 Å². The van der Waals surface area contributed by atoms with E-state index in [0.29, 0.717) is 19.4 Å². The van der Waals surface area contributed by atoms with E-state index in [-0.39, 0.29) is 5.92 Å². The SMILES string of the molecule is CC(C)[C@H](NC(=O)O)C(=O)NC1CCCN(C)C(=O)C1=O. The van der Waals surface area contributed by atoms with E-state index in [4.69, 9.17) is 5.11 Å². The Morgan fingerprint density at radius 1 is 1.33 bits per heavy atom. The van der Waals surface area contributed by atoms with Gasteiger partial charge in [0.25, 0.3) is 5.91 Å². The molecule has 1 saturated heterocycles. The first-order valence-electron chi connectivity index (χ1n) is 6.83. The van der Waals surface area contributed by atoms with Crippen LogP contribution in [0, 0.1) is 5.92 Å². The Labute approximate surface area is 122 Å². The number of ketones is 1. The summed E-state index contributed by atoms with van der Waals surface area (Å²) < 4.78 is 0. The Balaban J connectivity index is 2.77. The zero-order valence-corrected chi connectivity index (χ0v) is 12.4. The molecule has 8 nitrogen and oxygen atoms in total. The highest BCUT2D eigenvalue weighted by atomic mass is 16.4. The minimum absolute atomic E-state index is 0.277. The van der Waals surface area contributed by atoms with Crippen LogP contribution in [0.5, 0.6) is 0 Å². The zero-order valence-electron chi connectivity index (χ0n) is 12.4. The topological polar surface area (TPSA) is 116 Å². The number of nitrogens with one attached hydrogen (secondary N) is 2. The first kappa shape index (κ1) is 16.9. The number of likely N-dealkylation sites (tertiary alicyclic amines) is 1. The molecule has 118 valence electrons. The van der Waals surface area contributed by atoms with Crippen LogP contribution in [0.4, 0.5) is 4.79 Å². The summed E-state index contributed by atoms with van der Waals surface area (Å²) in [5.41, 5.74) is 0. The van der Waals surface area contributed by atoms with E-state index >= 15 is 0 Å². The predicted octanol–water partition coefficient (Wildman–Crippen LogP) is -0.415. The van der Waals surface area contributed by atoms with Crippen LogP contribution in [0.25, 0.3) is 0 Å². The third-order valence-corrected chi connectivity index (χ3v) is 3.40. The third-order valence-electron chi connectivity index (χ3n) is 3.40. The van der Waals surface area contributed by atoms with Crippen LogP contribution >= 0.6 is 0 Å². The molecule has 1 aliphatic heterocycles. The molecule has 1 aliphatic rings. The number of rotatable bonds is 4. The second kappa shape index (κ2) is 7.05. The highest BCUT2D eigenvalue weighted by molar-refractivity contribution is 6.38. The summed E-state index contributed by atoms with van der Waals surface area (Å²) in [6.45, 7) is 3.83. The van der Waals surface area contributed by atoms with Crippen molar-refractivity contribution in [3.63, 3.8) is 0 Å². The Morgan fingerprint density at radius 2 is 1.95 bits per heavy atom. The summed E-state index contributed by atoms with van der Waals surface area (Å²) in [5.74, 6) is -2.17. The van der Waals surface area contributed by atoms with Crippen molar-refractivity contribution >= 4 is 23.7 Å². The maximum Gasteiger partial charge on any atom is 0.405 e. The molecule has 21 heavy (non-hydrogen) atoms. The van der Waals surface area contributed by atoms with Crippen molar-refractivity contribution < 1.29 is 24.3 Å². The van der Waals surface area contributed by atoms with E-state index in [2.05, 4.69) is 10.6 Å². The van der Waals surface area contributed by atoms with E-state index < -0.39 is 35.8 Å². The molecule has 8 heteroatoms. The predicted molar refractivity (Wildman–Crippen MR) is 73.6 cm³/mol. The van der Waals surface area contributed by atoms with E-state index in [1.165, 1.54) is 11.9 Å². The van der Waals surface area contributed by atoms with Gasteiger partial charge in [0.1, 0.15) is 6.04 Å². The van der Waals surface area contributed by atoms with Crippen LogP contribution < -0.4 is 10.6 Å². The van der Waals surface area contributed by atoms with Crippen molar-refractivity contribution in [3.05, 3.63) is 0 Å². The second-order valence-electron chi connectivity index (χ2n) is 5.47. The van der Waals surface area contributed by atoms with E-state index in [1.807, 2.05) is 0 Å². The number of carbonyl (C=O) groups excluding carboxylic acids is 3. The van der Waals surface area contributed by atoms with Crippen molar-refractivity contribution in [2.75, 3.05) is 13.6 Å². The van der Waals surface area contributed by atoms with Gasteiger partial charge in [0.15, 0.2) is 0 Å². The Bertz CT molecular complexity index is 449. The summed E-state index contributed by atoms with van der Waals surface area (Å²) >= 11 is 0. The van der Waals surface area contributed by atoms with Gasteiger partial charge in [-0.1, -0.05) is 13.8 Å². The lowest BCUT2D eigenvalue weighted by Crippen LogP contribution is -2.54. The van der Waals surface area contributed by atoms with Gasteiger partial charge in [0.2, 0.25) is 11.7 Å². The van der Waals surface area contributed by atoms with E-state index in [0.717, 1.165) is 0 Å². The lowest BCUT2D eigenvalue weighted by atomic mass is 10.0. The smallest absolute Gasteiger partial charge is 0.405 e. The molecule has 2 atom stereocenters. The van der Waals surface area contributed by atoms with Crippen LogP contribution in [0.2, 0.25) is 0 Å². The molecule has 3 N–H and O–H groups in total. The van der Waals surface area contributed by atoms with Crippen LogP contribution in [-0.4, -0.2) is 59.4 Å². The van der Waals surface area contributed by atoms with Gasteiger partial charge >= 0.3 is 6.09 Å². The van der Waals surface area contributed by atoms with Gasteiger partial charge in [0, 0.05) is 13.6 Å². The van der Waals surface area contributed by atoms with Gasteiger partial charge in [-0.3, -0.25) is 14.4 Å². The fourth-order valence-corrected chi connectivity index (χ4v) is 2.17. The number of Topliss-reactive ketones (excluding diaryl/α,β-unsaturated/α-hetero) is 1. The van der Waals surface area contributed by atoms with Crippen molar-refractivity contribution in [2.45, 2.75) is 38.8 Å². The van der Waals surface area contributed by atoms with Gasteiger partial charge < -0.3 is 20.6 Å². The van der Waals surface area contributed by atoms with Crippen LogP contribution in [0.3, 0.4) is 0 Å². The molecule has 0 aromatic heterocycles. The summed E-state index contributed by atoms with van der Waals surface area (Å²) in [7, 11) is 1.54. The largest absolute Gasteiger partial charge is 0.465 e. The van der Waals surface area contributed by atoms with E-state index in [1.54, 1.807) is 13.8 Å². The second-order valence-corrected chi connectivity index (χ2v) is 5.47. The lowest BCUT2D eigenvalue weighted by molar-refractivity contribution is -0.144. The minimum atomic E-state index is -1.31. The highest BCUT2D eigenvalue weighted by Crippen LogP contribution is 2.10. The summed E-state index contributed by atoms with van der Waals surface area (Å²) in [6.07, 6.45) is -0.359. The molecule has 0 aliphatic carbocycles. The molecule has 0 spiro atoms. The zero-order chi connectivity index (χ0) is 16.2. The van der Waals surface area contributed by atoms with Gasteiger partial charge in [-0.2, -0.15) is 0 Å². The number of likely N-dealkylation sites (N-methyl/N-ethyl adjacent to an activating group) is 1. The number of nitrogens with zero attached hydrogens (tertiary/aromatic N) is 1. The average molecular weight is 299 g/mol.